The molecule has 0 spiro atoms. The zero-order chi connectivity index (χ0) is 72.7. The van der Waals surface area contributed by atoms with Crippen molar-refractivity contribution >= 4 is 261 Å². The van der Waals surface area contributed by atoms with Gasteiger partial charge in [0.1, 0.15) is 44.7 Å². The number of nitrogens with zero attached hydrogens (tertiary/aromatic N) is 2. The zero-order valence-electron chi connectivity index (χ0n) is 58.5. The van der Waals surface area contributed by atoms with Gasteiger partial charge in [0.15, 0.2) is 0 Å². The van der Waals surface area contributed by atoms with Gasteiger partial charge < -0.3 is 27.5 Å². The topological polar surface area (TPSA) is 59.0 Å². The largest absolute Gasteiger partial charge is 0.456 e. The Kier molecular flexibility index (Phi) is 15.3. The Labute approximate surface area is 650 Å². The minimum absolute atomic E-state index is 0.670. The van der Waals surface area contributed by atoms with E-state index >= 15 is 0 Å². The van der Waals surface area contributed by atoms with Gasteiger partial charge in [-0.15, -0.1) is 34.0 Å². The van der Waals surface area contributed by atoms with Crippen LogP contribution >= 0.6 is 57.2 Å². The van der Waals surface area contributed by atoms with Gasteiger partial charge in [0, 0.05) is 172 Å². The molecule has 0 radical (unpaired) electrons. The van der Waals surface area contributed by atoms with Gasteiger partial charge in [-0.25, -0.2) is 0 Å². The van der Waals surface area contributed by atoms with Crippen LogP contribution in [0.2, 0.25) is 10.0 Å². The van der Waals surface area contributed by atoms with Gasteiger partial charge in [-0.05, 0) is 227 Å². The second-order valence-electron chi connectivity index (χ2n) is 28.1. The van der Waals surface area contributed by atoms with Crippen LogP contribution in [-0.4, -0.2) is 0 Å². The number of halogens is 2. The molecular formula is C99H58Cl2N2O4S3. The molecule has 0 unspecified atom stereocenters. The van der Waals surface area contributed by atoms with Gasteiger partial charge >= 0.3 is 0 Å². The summed E-state index contributed by atoms with van der Waals surface area (Å²) in [6, 6.07) is 120. The minimum Gasteiger partial charge on any atom is -0.456 e. The lowest BCUT2D eigenvalue weighted by Gasteiger charge is -2.25. The van der Waals surface area contributed by atoms with Crippen molar-refractivity contribution < 1.29 is 17.7 Å². The number of rotatable bonds is 8. The summed E-state index contributed by atoms with van der Waals surface area (Å²) >= 11 is 17.7. The minimum atomic E-state index is 0.670. The molecule has 7 aromatic heterocycles. The molecule has 0 aliphatic carbocycles. The van der Waals surface area contributed by atoms with Crippen molar-refractivity contribution in [3.63, 3.8) is 0 Å². The Morgan fingerprint density at radius 3 is 0.900 bits per heavy atom. The molecule has 520 valence electrons. The summed E-state index contributed by atoms with van der Waals surface area (Å²) in [5, 5.41) is 22.2. The van der Waals surface area contributed by atoms with E-state index in [1.165, 1.54) is 71.6 Å². The molecule has 0 bridgehead atoms. The van der Waals surface area contributed by atoms with Crippen LogP contribution in [0.1, 0.15) is 11.1 Å². The van der Waals surface area contributed by atoms with Gasteiger partial charge in [-0.2, -0.15) is 0 Å². The highest BCUT2D eigenvalue weighted by Crippen LogP contribution is 2.47. The van der Waals surface area contributed by atoms with Crippen LogP contribution < -0.4 is 9.80 Å². The Bertz CT molecular complexity index is 7440. The van der Waals surface area contributed by atoms with Crippen molar-refractivity contribution in [1.82, 2.24) is 0 Å². The first-order chi connectivity index (χ1) is 54.2. The predicted octanol–water partition coefficient (Wildman–Crippen LogP) is 31.9. The summed E-state index contributed by atoms with van der Waals surface area (Å²) in [6.07, 6.45) is 1.00. The average molecular weight is 1510 g/mol. The van der Waals surface area contributed by atoms with Crippen LogP contribution in [0.15, 0.2) is 357 Å². The Balaban J connectivity index is 0.000000131. The quantitative estimate of drug-likeness (QED) is 0.151. The number of fused-ring (bicyclic) bond motifs is 23. The molecule has 0 saturated heterocycles. The van der Waals surface area contributed by atoms with Crippen LogP contribution in [0.3, 0.4) is 0 Å². The highest BCUT2D eigenvalue weighted by atomic mass is 35.5. The van der Waals surface area contributed by atoms with Gasteiger partial charge in [0.2, 0.25) is 0 Å². The molecule has 17 aromatic carbocycles. The first-order valence-electron chi connectivity index (χ1n) is 36.5. The van der Waals surface area contributed by atoms with E-state index in [4.69, 9.17) is 40.9 Å². The summed E-state index contributed by atoms with van der Waals surface area (Å²) in [5.74, 6) is 0. The van der Waals surface area contributed by atoms with Crippen LogP contribution in [0.25, 0.3) is 170 Å². The number of thiophene rings is 3. The maximum absolute atomic E-state index is 6.74. The van der Waals surface area contributed by atoms with Crippen molar-refractivity contribution in [3.8, 4) is 0 Å². The van der Waals surface area contributed by atoms with Gasteiger partial charge in [-0.1, -0.05) is 151 Å². The second-order valence-corrected chi connectivity index (χ2v) is 32.3. The molecule has 0 amide bonds. The first-order valence-corrected chi connectivity index (χ1v) is 39.7. The fraction of sp³-hybridized carbons (Fsp3) is 0.0101. The summed E-state index contributed by atoms with van der Waals surface area (Å²) in [7, 11) is 0. The molecule has 110 heavy (non-hydrogen) atoms. The molecule has 0 aliphatic rings. The van der Waals surface area contributed by atoms with E-state index in [0.717, 1.165) is 150 Å². The third-order valence-electron chi connectivity index (χ3n) is 21.4. The molecular weight excluding hydrogens is 1450 g/mol. The molecule has 0 fully saturated rings. The summed E-state index contributed by atoms with van der Waals surface area (Å²) in [6.45, 7) is 0. The molecule has 0 N–H and O–H groups in total. The van der Waals surface area contributed by atoms with Crippen LogP contribution in [0, 0.1) is 0 Å². The Morgan fingerprint density at radius 1 is 0.200 bits per heavy atom. The average Bonchev–Trinajstić information content (AvgIpc) is 1.58. The van der Waals surface area contributed by atoms with Crippen LogP contribution in [-0.2, 0) is 6.42 Å². The second kappa shape index (κ2) is 26.0. The Hall–Kier alpha value is -12.7. The number of furan rings is 4. The first kappa shape index (κ1) is 64.5. The van der Waals surface area contributed by atoms with E-state index in [-0.39, 0.29) is 0 Å². The normalized spacial score (nSPS) is 11.9. The van der Waals surface area contributed by atoms with E-state index < -0.39 is 0 Å². The molecule has 24 aromatic rings. The number of benzene rings is 17. The van der Waals surface area contributed by atoms with Gasteiger partial charge in [0.25, 0.3) is 0 Å². The maximum Gasteiger partial charge on any atom is 0.137 e. The van der Waals surface area contributed by atoms with E-state index in [9.17, 15) is 0 Å². The summed E-state index contributed by atoms with van der Waals surface area (Å²) in [4.78, 5) is 4.64. The fourth-order valence-electron chi connectivity index (χ4n) is 16.3. The van der Waals surface area contributed by atoms with Crippen molar-refractivity contribution in [3.05, 3.63) is 361 Å². The lowest BCUT2D eigenvalue weighted by atomic mass is 10.0. The van der Waals surface area contributed by atoms with E-state index in [1.807, 2.05) is 70.4 Å². The lowest BCUT2D eigenvalue weighted by molar-refractivity contribution is 0.668. The maximum atomic E-state index is 6.74. The monoisotopic (exact) mass is 1500 g/mol. The van der Waals surface area contributed by atoms with Crippen molar-refractivity contribution in [2.24, 2.45) is 0 Å². The number of para-hydroxylation sites is 2. The van der Waals surface area contributed by atoms with Crippen LogP contribution in [0.5, 0.6) is 0 Å². The molecule has 11 heteroatoms. The smallest absolute Gasteiger partial charge is 0.137 e. The molecule has 7 heterocycles. The molecule has 24 rings (SSSR count). The number of hydrogen-bond donors (Lipinski definition) is 0. The molecule has 6 nitrogen and oxygen atoms in total. The third-order valence-corrected chi connectivity index (χ3v) is 25.3. The van der Waals surface area contributed by atoms with Gasteiger partial charge in [-0.3, -0.25) is 0 Å². The van der Waals surface area contributed by atoms with Crippen molar-refractivity contribution in [2.75, 3.05) is 9.80 Å². The standard InChI is InChI=1S/C58H34N2O2S2.C22H10Cl2O2.C19H14S/c1-3-11-37(12-4-1)59(39-21-25-57-49(31-39)45-15-7-9-17-55(45)63-57)41-19-23-43-47-27-35-30-52-48(28-36(35)29-51(47)61-53(43)33-41)44-24-20-42(34-54(44)62-52)60(38-13-5-2-6-14-38)40-22-26-58-50(32-40)46-16-8-10-18-56(46)64-58;23-13-1-3-15-17-5-11-8-20-18(16-4-2-14(24)10-22(16)26-20)6-12(11)7-19(17)25-21(15)9-13;1-2-6-14(7-3-1)12-15-10-11-19-17(13-15)16-8-4-5-9-18(16)20-19/h1-34H;1-10H;1-11,13H,12H2. The highest BCUT2D eigenvalue weighted by Gasteiger charge is 2.22. The third kappa shape index (κ3) is 11.2. The highest BCUT2D eigenvalue weighted by molar-refractivity contribution is 7.26. The van der Waals surface area contributed by atoms with Crippen molar-refractivity contribution in [2.45, 2.75) is 6.42 Å². The predicted molar refractivity (Wildman–Crippen MR) is 471 cm³/mol. The number of anilines is 6. The Morgan fingerprint density at radius 2 is 0.500 bits per heavy atom. The fourth-order valence-corrected chi connectivity index (χ4v) is 19.8. The molecule has 0 atom stereocenters. The zero-order valence-corrected chi connectivity index (χ0v) is 62.5. The van der Waals surface area contributed by atoms with E-state index in [1.54, 1.807) is 0 Å². The SMILES string of the molecule is Clc1ccc2c(c1)oc1cc3cc4c(cc3cc12)oc1cc(Cl)ccc14.c1ccc(Cc2ccc3sc4ccccc4c3c2)cc1.c1ccc(N(c2ccc3c(c2)oc2cc4cc5c(cc4cc23)oc2cc(N(c3ccccc3)c3ccc4sc6ccccc6c4c3)ccc25)c2ccc3sc4ccccc4c3c2)cc1. The van der Waals surface area contributed by atoms with Crippen molar-refractivity contribution in [1.29, 1.82) is 0 Å². The lowest BCUT2D eigenvalue weighted by Crippen LogP contribution is -2.09. The summed E-state index contributed by atoms with van der Waals surface area (Å²) < 4.78 is 33.4. The molecule has 0 saturated carbocycles. The summed E-state index contributed by atoms with van der Waals surface area (Å²) in [5.41, 5.74) is 15.9. The van der Waals surface area contributed by atoms with Crippen LogP contribution in [0.4, 0.5) is 34.1 Å². The van der Waals surface area contributed by atoms with Gasteiger partial charge in [0.05, 0.1) is 0 Å². The number of hydrogen-bond acceptors (Lipinski definition) is 9. The molecule has 0 aliphatic heterocycles. The van der Waals surface area contributed by atoms with E-state index in [2.05, 4.69) is 313 Å². The van der Waals surface area contributed by atoms with E-state index in [0.29, 0.717) is 10.0 Å².